The molecule has 1 N–H and O–H groups in total. The summed E-state index contributed by atoms with van der Waals surface area (Å²) in [6.07, 6.45) is -0.116. The SMILES string of the molecule is Cc1cccc(C)c1C(O)Cc1ccc(F)cc1Br. The number of aryl methyl sites for hydroxylation is 2. The van der Waals surface area contributed by atoms with E-state index in [1.165, 1.54) is 12.1 Å². The molecule has 0 saturated carbocycles. The topological polar surface area (TPSA) is 20.2 Å². The van der Waals surface area contributed by atoms with Crippen LogP contribution in [0.15, 0.2) is 40.9 Å². The van der Waals surface area contributed by atoms with Gasteiger partial charge in [0, 0.05) is 10.9 Å². The molecule has 0 aromatic heterocycles. The molecule has 0 aliphatic rings. The van der Waals surface area contributed by atoms with Crippen molar-refractivity contribution in [3.05, 3.63) is 68.9 Å². The summed E-state index contributed by atoms with van der Waals surface area (Å²) >= 11 is 3.33. The van der Waals surface area contributed by atoms with Crippen molar-refractivity contribution >= 4 is 15.9 Å². The van der Waals surface area contributed by atoms with E-state index in [-0.39, 0.29) is 5.82 Å². The minimum atomic E-state index is -0.581. The summed E-state index contributed by atoms with van der Waals surface area (Å²) in [4.78, 5) is 0. The molecule has 100 valence electrons. The van der Waals surface area contributed by atoms with E-state index >= 15 is 0 Å². The Morgan fingerprint density at radius 3 is 2.37 bits per heavy atom. The summed E-state index contributed by atoms with van der Waals surface area (Å²) in [6, 6.07) is 10.5. The highest BCUT2D eigenvalue weighted by atomic mass is 79.9. The molecule has 2 aromatic rings. The van der Waals surface area contributed by atoms with E-state index in [0.29, 0.717) is 10.9 Å². The number of aliphatic hydroxyl groups is 1. The lowest BCUT2D eigenvalue weighted by Crippen LogP contribution is -2.06. The Morgan fingerprint density at radius 1 is 1.16 bits per heavy atom. The van der Waals surface area contributed by atoms with Crippen LogP contribution in [-0.2, 0) is 6.42 Å². The zero-order valence-corrected chi connectivity index (χ0v) is 12.5. The van der Waals surface area contributed by atoms with Crippen LogP contribution in [0.1, 0.15) is 28.4 Å². The second-order valence-electron chi connectivity index (χ2n) is 4.76. The van der Waals surface area contributed by atoms with Crippen molar-refractivity contribution in [3.63, 3.8) is 0 Å². The van der Waals surface area contributed by atoms with Crippen molar-refractivity contribution in [2.24, 2.45) is 0 Å². The van der Waals surface area contributed by atoms with E-state index in [1.807, 2.05) is 32.0 Å². The maximum Gasteiger partial charge on any atom is 0.124 e. The fourth-order valence-corrected chi connectivity index (χ4v) is 2.86. The van der Waals surface area contributed by atoms with E-state index in [2.05, 4.69) is 15.9 Å². The van der Waals surface area contributed by atoms with Gasteiger partial charge in [-0.2, -0.15) is 0 Å². The van der Waals surface area contributed by atoms with Gasteiger partial charge in [-0.15, -0.1) is 0 Å². The van der Waals surface area contributed by atoms with E-state index in [1.54, 1.807) is 6.07 Å². The zero-order valence-electron chi connectivity index (χ0n) is 11.0. The molecule has 0 aliphatic carbocycles. The summed E-state index contributed by atoms with van der Waals surface area (Å²) in [7, 11) is 0. The molecule has 0 spiro atoms. The number of aliphatic hydroxyl groups excluding tert-OH is 1. The second-order valence-corrected chi connectivity index (χ2v) is 5.62. The molecule has 1 nitrogen and oxygen atoms in total. The highest BCUT2D eigenvalue weighted by Crippen LogP contribution is 2.28. The average Bonchev–Trinajstić information content (AvgIpc) is 2.32. The van der Waals surface area contributed by atoms with Gasteiger partial charge in [-0.25, -0.2) is 4.39 Å². The van der Waals surface area contributed by atoms with Gasteiger partial charge in [0.25, 0.3) is 0 Å². The Kier molecular flexibility index (Phi) is 4.38. The smallest absolute Gasteiger partial charge is 0.124 e. The maximum atomic E-state index is 13.0. The Balaban J connectivity index is 2.28. The van der Waals surface area contributed by atoms with Crippen LogP contribution in [0.2, 0.25) is 0 Å². The van der Waals surface area contributed by atoms with Gasteiger partial charge in [-0.3, -0.25) is 0 Å². The first-order valence-electron chi connectivity index (χ1n) is 6.17. The molecule has 3 heteroatoms. The van der Waals surface area contributed by atoms with E-state index in [0.717, 1.165) is 22.3 Å². The first kappa shape index (κ1) is 14.2. The van der Waals surface area contributed by atoms with E-state index < -0.39 is 6.10 Å². The first-order valence-corrected chi connectivity index (χ1v) is 6.96. The van der Waals surface area contributed by atoms with Crippen LogP contribution >= 0.6 is 15.9 Å². The summed E-state index contributed by atoms with van der Waals surface area (Å²) in [5.74, 6) is -0.280. The Labute approximate surface area is 121 Å². The molecule has 1 atom stereocenters. The Bertz CT molecular complexity index is 575. The molecule has 0 radical (unpaired) electrons. The van der Waals surface area contributed by atoms with E-state index in [4.69, 9.17) is 0 Å². The van der Waals surface area contributed by atoms with Crippen LogP contribution < -0.4 is 0 Å². The van der Waals surface area contributed by atoms with Crippen molar-refractivity contribution in [1.82, 2.24) is 0 Å². The minimum Gasteiger partial charge on any atom is -0.388 e. The normalized spacial score (nSPS) is 12.5. The van der Waals surface area contributed by atoms with Gasteiger partial charge >= 0.3 is 0 Å². The molecular weight excluding hydrogens is 307 g/mol. The molecule has 0 bridgehead atoms. The quantitative estimate of drug-likeness (QED) is 0.883. The van der Waals surface area contributed by atoms with Gasteiger partial charge in [-0.05, 0) is 48.2 Å². The van der Waals surface area contributed by atoms with Crippen LogP contribution in [0.4, 0.5) is 4.39 Å². The molecule has 0 fully saturated rings. The lowest BCUT2D eigenvalue weighted by molar-refractivity contribution is 0.177. The third kappa shape index (κ3) is 3.23. The predicted octanol–water partition coefficient (Wildman–Crippen LogP) is 4.48. The summed E-state index contributed by atoms with van der Waals surface area (Å²) in [6.45, 7) is 3.98. The molecule has 0 saturated heterocycles. The second kappa shape index (κ2) is 5.85. The molecule has 19 heavy (non-hydrogen) atoms. The average molecular weight is 323 g/mol. The summed E-state index contributed by atoms with van der Waals surface area (Å²) < 4.78 is 13.7. The van der Waals surface area contributed by atoms with Crippen LogP contribution in [0.25, 0.3) is 0 Å². The van der Waals surface area contributed by atoms with Crippen LogP contribution in [0.5, 0.6) is 0 Å². The van der Waals surface area contributed by atoms with Gasteiger partial charge < -0.3 is 5.11 Å². The van der Waals surface area contributed by atoms with Gasteiger partial charge in [0.2, 0.25) is 0 Å². The predicted molar refractivity (Wildman–Crippen MR) is 78.7 cm³/mol. The standard InChI is InChI=1S/C16H16BrFO/c1-10-4-3-5-11(2)16(10)15(19)8-12-6-7-13(18)9-14(12)17/h3-7,9,15,19H,8H2,1-2H3. The molecule has 0 amide bonds. The maximum absolute atomic E-state index is 13.0. The Hall–Kier alpha value is -1.19. The number of halogens is 2. The van der Waals surface area contributed by atoms with Crippen molar-refractivity contribution in [2.45, 2.75) is 26.4 Å². The lowest BCUT2D eigenvalue weighted by atomic mass is 9.94. The molecule has 0 aliphatic heterocycles. The lowest BCUT2D eigenvalue weighted by Gasteiger charge is -2.17. The van der Waals surface area contributed by atoms with Crippen LogP contribution in [-0.4, -0.2) is 5.11 Å². The van der Waals surface area contributed by atoms with Crippen molar-refractivity contribution in [3.8, 4) is 0 Å². The molecule has 0 heterocycles. The van der Waals surface area contributed by atoms with Crippen LogP contribution in [0.3, 0.4) is 0 Å². The monoisotopic (exact) mass is 322 g/mol. The highest BCUT2D eigenvalue weighted by Gasteiger charge is 2.15. The van der Waals surface area contributed by atoms with Crippen molar-refractivity contribution in [1.29, 1.82) is 0 Å². The van der Waals surface area contributed by atoms with Crippen molar-refractivity contribution < 1.29 is 9.50 Å². The number of hydrogen-bond donors (Lipinski definition) is 1. The van der Waals surface area contributed by atoms with Gasteiger partial charge in [0.1, 0.15) is 5.82 Å². The largest absolute Gasteiger partial charge is 0.388 e. The van der Waals surface area contributed by atoms with E-state index in [9.17, 15) is 9.50 Å². The fraction of sp³-hybridized carbons (Fsp3) is 0.250. The first-order chi connectivity index (χ1) is 8.99. The third-order valence-electron chi connectivity index (χ3n) is 3.30. The Morgan fingerprint density at radius 2 is 1.79 bits per heavy atom. The van der Waals surface area contributed by atoms with Crippen LogP contribution in [0, 0.1) is 19.7 Å². The minimum absolute atomic E-state index is 0.280. The van der Waals surface area contributed by atoms with Gasteiger partial charge in [0.05, 0.1) is 6.10 Å². The molecule has 1 unspecified atom stereocenters. The number of benzene rings is 2. The molecule has 2 rings (SSSR count). The van der Waals surface area contributed by atoms with Gasteiger partial charge in [-0.1, -0.05) is 40.2 Å². The number of hydrogen-bond acceptors (Lipinski definition) is 1. The highest BCUT2D eigenvalue weighted by molar-refractivity contribution is 9.10. The summed E-state index contributed by atoms with van der Waals surface area (Å²) in [5.41, 5.74) is 4.01. The van der Waals surface area contributed by atoms with Crippen molar-refractivity contribution in [2.75, 3.05) is 0 Å². The molecule has 2 aromatic carbocycles. The van der Waals surface area contributed by atoms with Gasteiger partial charge in [0.15, 0.2) is 0 Å². The third-order valence-corrected chi connectivity index (χ3v) is 4.04. The zero-order chi connectivity index (χ0) is 14.0. The fourth-order valence-electron chi connectivity index (χ4n) is 2.35. The number of rotatable bonds is 3. The molecular formula is C16H16BrFO. The summed E-state index contributed by atoms with van der Waals surface area (Å²) in [5, 5.41) is 10.4.